The van der Waals surface area contributed by atoms with E-state index in [9.17, 15) is 18.4 Å². The van der Waals surface area contributed by atoms with Crippen molar-refractivity contribution >= 4 is 11.8 Å². The van der Waals surface area contributed by atoms with Crippen molar-refractivity contribution in [3.63, 3.8) is 0 Å². The number of rotatable bonds is 5. The molecule has 1 N–H and O–H groups in total. The van der Waals surface area contributed by atoms with Gasteiger partial charge in [-0.05, 0) is 43.4 Å². The summed E-state index contributed by atoms with van der Waals surface area (Å²) in [6.45, 7) is 5.77. The summed E-state index contributed by atoms with van der Waals surface area (Å²) in [5, 5.41) is 2.94. The second-order valence-corrected chi connectivity index (χ2v) is 6.67. The van der Waals surface area contributed by atoms with Crippen LogP contribution in [0.1, 0.15) is 43.5 Å². The van der Waals surface area contributed by atoms with Crippen LogP contribution in [0.15, 0.2) is 18.2 Å². The Bertz CT molecular complexity index is 597. The van der Waals surface area contributed by atoms with Crippen LogP contribution in [0.5, 0.6) is 0 Å². The van der Waals surface area contributed by atoms with E-state index < -0.39 is 11.6 Å². The van der Waals surface area contributed by atoms with Gasteiger partial charge in [-0.1, -0.05) is 13.8 Å². The van der Waals surface area contributed by atoms with Crippen molar-refractivity contribution in [3.05, 3.63) is 35.4 Å². The molecule has 4 nitrogen and oxygen atoms in total. The third-order valence-corrected chi connectivity index (χ3v) is 4.34. The van der Waals surface area contributed by atoms with Gasteiger partial charge < -0.3 is 10.2 Å². The number of nitrogens with zero attached hydrogens (tertiary/aromatic N) is 1. The summed E-state index contributed by atoms with van der Waals surface area (Å²) in [4.78, 5) is 26.0. The fourth-order valence-electron chi connectivity index (χ4n) is 2.78. The molecule has 1 fully saturated rings. The largest absolute Gasteiger partial charge is 0.356 e. The van der Waals surface area contributed by atoms with Gasteiger partial charge in [0.15, 0.2) is 11.6 Å². The summed E-state index contributed by atoms with van der Waals surface area (Å²) in [7, 11) is 0. The summed E-state index contributed by atoms with van der Waals surface area (Å²) in [6.07, 6.45) is 2.12. The van der Waals surface area contributed by atoms with Crippen molar-refractivity contribution in [3.8, 4) is 0 Å². The Kier molecular flexibility index (Phi) is 6.29. The number of benzene rings is 1. The lowest BCUT2D eigenvalue weighted by molar-refractivity contribution is -0.126. The third-order valence-electron chi connectivity index (χ3n) is 4.34. The highest BCUT2D eigenvalue weighted by molar-refractivity contribution is 5.94. The summed E-state index contributed by atoms with van der Waals surface area (Å²) >= 11 is 0. The molecule has 2 rings (SSSR count). The second-order valence-electron chi connectivity index (χ2n) is 6.67. The average molecular weight is 338 g/mol. The predicted octanol–water partition coefficient (Wildman–Crippen LogP) is 2.98. The Morgan fingerprint density at radius 2 is 1.88 bits per heavy atom. The monoisotopic (exact) mass is 338 g/mol. The van der Waals surface area contributed by atoms with E-state index in [4.69, 9.17) is 0 Å². The van der Waals surface area contributed by atoms with Crippen LogP contribution >= 0.6 is 0 Å². The number of carbonyl (C=O) groups excluding carboxylic acids is 2. The van der Waals surface area contributed by atoms with Crippen molar-refractivity contribution < 1.29 is 18.4 Å². The number of halogens is 2. The van der Waals surface area contributed by atoms with Gasteiger partial charge in [-0.15, -0.1) is 0 Å². The standard InChI is InChI=1S/C18H24F2N2O2/c1-12(2)5-8-21-17(23)13-6-9-22(10-7-13)18(24)14-3-4-15(19)16(20)11-14/h3-4,11-13H,5-10H2,1-2H3,(H,21,23). The van der Waals surface area contributed by atoms with Crippen molar-refractivity contribution in [2.75, 3.05) is 19.6 Å². The molecule has 0 aliphatic carbocycles. The van der Waals surface area contributed by atoms with Crippen molar-refractivity contribution in [1.29, 1.82) is 0 Å². The molecule has 0 radical (unpaired) electrons. The molecule has 0 saturated carbocycles. The Morgan fingerprint density at radius 1 is 1.21 bits per heavy atom. The van der Waals surface area contributed by atoms with Gasteiger partial charge in [0.25, 0.3) is 5.91 Å². The first-order valence-electron chi connectivity index (χ1n) is 8.40. The third kappa shape index (κ3) is 4.76. The van der Waals surface area contributed by atoms with Gasteiger partial charge in [0, 0.05) is 31.1 Å². The van der Waals surface area contributed by atoms with Crippen LogP contribution in [-0.2, 0) is 4.79 Å². The van der Waals surface area contributed by atoms with Crippen LogP contribution in [0.3, 0.4) is 0 Å². The molecule has 24 heavy (non-hydrogen) atoms. The van der Waals surface area contributed by atoms with E-state index in [0.29, 0.717) is 38.4 Å². The molecule has 0 unspecified atom stereocenters. The quantitative estimate of drug-likeness (QED) is 0.897. The first-order chi connectivity index (χ1) is 11.4. The van der Waals surface area contributed by atoms with Crippen molar-refractivity contribution in [2.24, 2.45) is 11.8 Å². The van der Waals surface area contributed by atoms with E-state index in [2.05, 4.69) is 19.2 Å². The molecule has 1 aliphatic heterocycles. The summed E-state index contributed by atoms with van der Waals surface area (Å²) in [5.74, 6) is -1.83. The number of nitrogens with one attached hydrogen (secondary N) is 1. The summed E-state index contributed by atoms with van der Waals surface area (Å²) in [5.41, 5.74) is 0.133. The topological polar surface area (TPSA) is 49.4 Å². The Morgan fingerprint density at radius 3 is 2.46 bits per heavy atom. The highest BCUT2D eigenvalue weighted by Gasteiger charge is 2.28. The molecular weight excluding hydrogens is 314 g/mol. The van der Waals surface area contributed by atoms with Crippen molar-refractivity contribution in [2.45, 2.75) is 33.1 Å². The molecule has 1 aromatic carbocycles. The Labute approximate surface area is 141 Å². The fourth-order valence-corrected chi connectivity index (χ4v) is 2.78. The molecule has 0 atom stereocenters. The molecule has 0 aromatic heterocycles. The first kappa shape index (κ1) is 18.4. The highest BCUT2D eigenvalue weighted by Crippen LogP contribution is 2.20. The highest BCUT2D eigenvalue weighted by atomic mass is 19.2. The number of hydrogen-bond acceptors (Lipinski definition) is 2. The van der Waals surface area contributed by atoms with Crippen LogP contribution in [0, 0.1) is 23.5 Å². The Hall–Kier alpha value is -1.98. The van der Waals surface area contributed by atoms with Gasteiger partial charge in [-0.25, -0.2) is 8.78 Å². The molecule has 1 saturated heterocycles. The van der Waals surface area contributed by atoms with E-state index in [1.54, 1.807) is 4.90 Å². The van der Waals surface area contributed by atoms with Crippen LogP contribution in [0.25, 0.3) is 0 Å². The second kappa shape index (κ2) is 8.22. The summed E-state index contributed by atoms with van der Waals surface area (Å²) < 4.78 is 26.2. The van der Waals surface area contributed by atoms with Crippen molar-refractivity contribution in [1.82, 2.24) is 10.2 Å². The molecule has 6 heteroatoms. The molecule has 0 spiro atoms. The zero-order valence-corrected chi connectivity index (χ0v) is 14.1. The lowest BCUT2D eigenvalue weighted by Gasteiger charge is -2.31. The lowest BCUT2D eigenvalue weighted by Crippen LogP contribution is -2.43. The number of hydrogen-bond donors (Lipinski definition) is 1. The van der Waals surface area contributed by atoms with E-state index in [-0.39, 0.29) is 23.3 Å². The molecule has 132 valence electrons. The number of likely N-dealkylation sites (tertiary alicyclic amines) is 1. The number of piperidine rings is 1. The van der Waals surface area contributed by atoms with Gasteiger partial charge in [0.1, 0.15) is 0 Å². The van der Waals surface area contributed by atoms with Gasteiger partial charge in [-0.3, -0.25) is 9.59 Å². The zero-order valence-electron chi connectivity index (χ0n) is 14.1. The molecule has 1 aromatic rings. The van der Waals surface area contributed by atoms with Crippen LogP contribution in [0.4, 0.5) is 8.78 Å². The normalized spacial score (nSPS) is 15.6. The minimum Gasteiger partial charge on any atom is -0.356 e. The number of carbonyl (C=O) groups is 2. The fraction of sp³-hybridized carbons (Fsp3) is 0.556. The van der Waals surface area contributed by atoms with Gasteiger partial charge in [0.05, 0.1) is 0 Å². The maximum atomic E-state index is 13.3. The Balaban J connectivity index is 1.84. The van der Waals surface area contributed by atoms with E-state index in [1.807, 2.05) is 0 Å². The SMILES string of the molecule is CC(C)CCNC(=O)C1CCN(C(=O)c2ccc(F)c(F)c2)CC1. The molecule has 1 heterocycles. The smallest absolute Gasteiger partial charge is 0.253 e. The van der Waals surface area contributed by atoms with E-state index in [1.165, 1.54) is 6.07 Å². The molecule has 2 amide bonds. The molecule has 1 aliphatic rings. The molecular formula is C18H24F2N2O2. The maximum absolute atomic E-state index is 13.3. The minimum absolute atomic E-state index is 0.0376. The van der Waals surface area contributed by atoms with Crippen LogP contribution in [0.2, 0.25) is 0 Å². The number of amides is 2. The first-order valence-corrected chi connectivity index (χ1v) is 8.40. The molecule has 0 bridgehead atoms. The van der Waals surface area contributed by atoms with E-state index >= 15 is 0 Å². The predicted molar refractivity (Wildman–Crippen MR) is 87.5 cm³/mol. The minimum atomic E-state index is -1.03. The lowest BCUT2D eigenvalue weighted by atomic mass is 9.95. The van der Waals surface area contributed by atoms with Gasteiger partial charge in [-0.2, -0.15) is 0 Å². The summed E-state index contributed by atoms with van der Waals surface area (Å²) in [6, 6.07) is 3.16. The van der Waals surface area contributed by atoms with Crippen LogP contribution < -0.4 is 5.32 Å². The van der Waals surface area contributed by atoms with Crippen LogP contribution in [-0.4, -0.2) is 36.3 Å². The van der Waals surface area contributed by atoms with Gasteiger partial charge >= 0.3 is 0 Å². The zero-order chi connectivity index (χ0) is 17.7. The average Bonchev–Trinajstić information content (AvgIpc) is 2.56. The van der Waals surface area contributed by atoms with E-state index in [0.717, 1.165) is 18.6 Å². The van der Waals surface area contributed by atoms with Gasteiger partial charge in [0.2, 0.25) is 5.91 Å². The maximum Gasteiger partial charge on any atom is 0.253 e.